The van der Waals surface area contributed by atoms with Crippen LogP contribution in [-0.2, 0) is 20.7 Å². The third kappa shape index (κ3) is 2.80. The molecule has 1 aromatic rings. The summed E-state index contributed by atoms with van der Waals surface area (Å²) in [6.45, 7) is 5.99. The van der Waals surface area contributed by atoms with E-state index in [1.807, 2.05) is 22.4 Å². The summed E-state index contributed by atoms with van der Waals surface area (Å²) in [7, 11) is 0. The van der Waals surface area contributed by atoms with Crippen molar-refractivity contribution in [3.8, 4) is 0 Å². The molecule has 0 aromatic carbocycles. The van der Waals surface area contributed by atoms with Gasteiger partial charge in [0, 0.05) is 24.0 Å². The highest BCUT2D eigenvalue weighted by Gasteiger charge is 2.52. The first kappa shape index (κ1) is 14.6. The summed E-state index contributed by atoms with van der Waals surface area (Å²) in [6, 6.07) is 4.52. The molecule has 3 aliphatic heterocycles. The Morgan fingerprint density at radius 3 is 2.91 bits per heavy atom. The number of hydrogen-bond donors (Lipinski definition) is 0. The molecule has 22 heavy (non-hydrogen) atoms. The van der Waals surface area contributed by atoms with E-state index in [-0.39, 0.29) is 11.5 Å². The molecule has 0 unspecified atom stereocenters. The topological polar surface area (TPSA) is 42.0 Å². The first-order chi connectivity index (χ1) is 10.7. The minimum atomic E-state index is -0.0753. The van der Waals surface area contributed by atoms with Crippen molar-refractivity contribution in [2.45, 2.75) is 24.5 Å². The Morgan fingerprint density at radius 1 is 1.36 bits per heavy atom. The van der Waals surface area contributed by atoms with Crippen LogP contribution in [0.4, 0.5) is 0 Å². The van der Waals surface area contributed by atoms with Gasteiger partial charge in [0.25, 0.3) is 0 Å². The Balaban J connectivity index is 1.28. The summed E-state index contributed by atoms with van der Waals surface area (Å²) in [5, 5.41) is 2.02. The largest absolute Gasteiger partial charge is 0.379 e. The number of amides is 1. The van der Waals surface area contributed by atoms with Crippen LogP contribution in [0.25, 0.3) is 0 Å². The number of nitrogens with zero attached hydrogens (tertiary/aromatic N) is 2. The second kappa shape index (κ2) is 5.92. The van der Waals surface area contributed by atoms with E-state index >= 15 is 0 Å². The monoisotopic (exact) mass is 322 g/mol. The van der Waals surface area contributed by atoms with Crippen molar-refractivity contribution in [2.75, 3.05) is 46.0 Å². The normalized spacial score (nSPS) is 28.0. The molecule has 0 radical (unpaired) electrons. The molecule has 0 aliphatic carbocycles. The van der Waals surface area contributed by atoms with Gasteiger partial charge >= 0.3 is 0 Å². The molecule has 0 bridgehead atoms. The van der Waals surface area contributed by atoms with E-state index in [9.17, 15) is 4.79 Å². The molecule has 6 heteroatoms. The van der Waals surface area contributed by atoms with Crippen LogP contribution >= 0.6 is 11.3 Å². The number of ether oxygens (including phenoxy) is 2. The predicted octanol–water partition coefficient (Wildman–Crippen LogP) is 0.993. The van der Waals surface area contributed by atoms with Crippen LogP contribution in [0.5, 0.6) is 0 Å². The van der Waals surface area contributed by atoms with Crippen LogP contribution in [0.2, 0.25) is 0 Å². The number of likely N-dealkylation sites (tertiary alicyclic amines) is 1. The van der Waals surface area contributed by atoms with Gasteiger partial charge < -0.3 is 14.4 Å². The lowest BCUT2D eigenvalue weighted by atomic mass is 9.88. The highest BCUT2D eigenvalue weighted by Crippen LogP contribution is 2.37. The number of hydrogen-bond acceptors (Lipinski definition) is 5. The fraction of sp³-hybridized carbons (Fsp3) is 0.688. The van der Waals surface area contributed by atoms with Gasteiger partial charge in [-0.25, -0.2) is 0 Å². The molecule has 3 saturated heterocycles. The SMILES string of the molecule is O=C(Cc1cccs1)N1CC2(C[C@H](N3CCOCC3)CO2)C1. The summed E-state index contributed by atoms with van der Waals surface area (Å²) in [5.74, 6) is 0.228. The van der Waals surface area contributed by atoms with Gasteiger partial charge in [0.1, 0.15) is 5.60 Å². The Hall–Kier alpha value is -0.950. The van der Waals surface area contributed by atoms with E-state index in [1.165, 1.54) is 0 Å². The average molecular weight is 322 g/mol. The molecular formula is C16H22N2O3S. The lowest BCUT2D eigenvalue weighted by molar-refractivity contribution is -0.157. The van der Waals surface area contributed by atoms with Crippen molar-refractivity contribution >= 4 is 17.2 Å². The molecule has 3 aliphatic rings. The molecule has 4 rings (SSSR count). The fourth-order valence-electron chi connectivity index (χ4n) is 3.72. The van der Waals surface area contributed by atoms with Gasteiger partial charge in [-0.3, -0.25) is 9.69 Å². The minimum absolute atomic E-state index is 0.0753. The second-order valence-corrected chi connectivity index (χ2v) is 7.54. The van der Waals surface area contributed by atoms with E-state index in [1.54, 1.807) is 11.3 Å². The molecule has 3 fully saturated rings. The minimum Gasteiger partial charge on any atom is -0.379 e. The lowest BCUT2D eigenvalue weighted by Crippen LogP contribution is -2.63. The van der Waals surface area contributed by atoms with Crippen molar-refractivity contribution in [1.29, 1.82) is 0 Å². The highest BCUT2D eigenvalue weighted by molar-refractivity contribution is 7.10. The summed E-state index contributed by atoms with van der Waals surface area (Å²) >= 11 is 1.65. The van der Waals surface area contributed by atoms with Crippen LogP contribution in [0.15, 0.2) is 17.5 Å². The molecule has 120 valence electrons. The smallest absolute Gasteiger partial charge is 0.228 e. The first-order valence-electron chi connectivity index (χ1n) is 8.00. The zero-order valence-electron chi connectivity index (χ0n) is 12.7. The maximum absolute atomic E-state index is 12.3. The van der Waals surface area contributed by atoms with Crippen molar-refractivity contribution in [2.24, 2.45) is 0 Å². The van der Waals surface area contributed by atoms with E-state index in [2.05, 4.69) is 4.90 Å². The molecule has 0 N–H and O–H groups in total. The first-order valence-corrected chi connectivity index (χ1v) is 8.88. The van der Waals surface area contributed by atoms with Crippen LogP contribution in [0, 0.1) is 0 Å². The molecule has 1 atom stereocenters. The Labute approximate surface area is 134 Å². The number of morpholine rings is 1. The van der Waals surface area contributed by atoms with Gasteiger partial charge in [0.05, 0.1) is 39.3 Å². The molecule has 5 nitrogen and oxygen atoms in total. The third-order valence-corrected chi connectivity index (χ3v) is 5.84. The molecule has 1 aromatic heterocycles. The Bertz CT molecular complexity index is 522. The van der Waals surface area contributed by atoms with Crippen molar-refractivity contribution < 1.29 is 14.3 Å². The average Bonchev–Trinajstić information content (AvgIpc) is 3.15. The molecular weight excluding hydrogens is 300 g/mol. The van der Waals surface area contributed by atoms with E-state index in [0.717, 1.165) is 57.3 Å². The number of carbonyl (C=O) groups excluding carboxylic acids is 1. The van der Waals surface area contributed by atoms with Crippen molar-refractivity contribution in [3.05, 3.63) is 22.4 Å². The zero-order valence-corrected chi connectivity index (χ0v) is 13.5. The van der Waals surface area contributed by atoms with Crippen LogP contribution < -0.4 is 0 Å². The number of rotatable bonds is 3. The van der Waals surface area contributed by atoms with Crippen LogP contribution in [0.1, 0.15) is 11.3 Å². The Morgan fingerprint density at radius 2 is 2.18 bits per heavy atom. The van der Waals surface area contributed by atoms with Crippen LogP contribution in [0.3, 0.4) is 0 Å². The number of carbonyl (C=O) groups is 1. The summed E-state index contributed by atoms with van der Waals surface area (Å²) in [6.07, 6.45) is 1.58. The van der Waals surface area contributed by atoms with Crippen LogP contribution in [-0.4, -0.2) is 73.3 Å². The molecule has 4 heterocycles. The van der Waals surface area contributed by atoms with Crippen molar-refractivity contribution in [3.63, 3.8) is 0 Å². The zero-order chi connectivity index (χ0) is 15.0. The summed E-state index contributed by atoms with van der Waals surface area (Å²) < 4.78 is 11.5. The van der Waals surface area contributed by atoms with E-state index in [4.69, 9.17) is 9.47 Å². The highest BCUT2D eigenvalue weighted by atomic mass is 32.1. The number of thiophene rings is 1. The van der Waals surface area contributed by atoms with Crippen molar-refractivity contribution in [1.82, 2.24) is 9.80 Å². The van der Waals surface area contributed by atoms with Gasteiger partial charge in [-0.15, -0.1) is 11.3 Å². The summed E-state index contributed by atoms with van der Waals surface area (Å²) in [4.78, 5) is 17.8. The standard InChI is InChI=1S/C16H22N2O3S/c19-15(8-14-2-1-7-22-14)18-11-16(12-18)9-13(10-21-16)17-3-5-20-6-4-17/h1-2,7,13H,3-6,8-12H2/t13-/m0/s1. The predicted molar refractivity (Wildman–Crippen MR) is 84.1 cm³/mol. The maximum Gasteiger partial charge on any atom is 0.228 e. The Kier molecular flexibility index (Phi) is 3.94. The van der Waals surface area contributed by atoms with E-state index in [0.29, 0.717) is 12.5 Å². The van der Waals surface area contributed by atoms with Gasteiger partial charge in [0.15, 0.2) is 0 Å². The fourth-order valence-corrected chi connectivity index (χ4v) is 4.41. The third-order valence-electron chi connectivity index (χ3n) is 4.97. The second-order valence-electron chi connectivity index (χ2n) is 6.51. The maximum atomic E-state index is 12.3. The lowest BCUT2D eigenvalue weighted by Gasteiger charge is -2.47. The molecule has 0 saturated carbocycles. The summed E-state index contributed by atoms with van der Waals surface area (Å²) in [5.41, 5.74) is -0.0753. The molecule has 1 spiro atoms. The quantitative estimate of drug-likeness (QED) is 0.832. The van der Waals surface area contributed by atoms with Gasteiger partial charge in [-0.2, -0.15) is 0 Å². The van der Waals surface area contributed by atoms with Gasteiger partial charge in [-0.1, -0.05) is 6.07 Å². The van der Waals surface area contributed by atoms with E-state index < -0.39 is 0 Å². The van der Waals surface area contributed by atoms with Gasteiger partial charge in [-0.05, 0) is 17.9 Å². The molecule has 1 amide bonds. The van der Waals surface area contributed by atoms with Gasteiger partial charge in [0.2, 0.25) is 5.91 Å².